The number of nitrogens with one attached hydrogen (secondary N) is 1. The maximum atomic E-state index is 12.1. The molecule has 108 valence electrons. The largest absolute Gasteiger partial charge is 0.491 e. The highest BCUT2D eigenvalue weighted by molar-refractivity contribution is 5.95. The van der Waals surface area contributed by atoms with Crippen molar-refractivity contribution in [3.8, 4) is 5.75 Å². The molecule has 0 saturated carbocycles. The van der Waals surface area contributed by atoms with Crippen molar-refractivity contribution in [2.75, 3.05) is 18.1 Å². The van der Waals surface area contributed by atoms with Gasteiger partial charge in [0.15, 0.2) is 0 Å². The summed E-state index contributed by atoms with van der Waals surface area (Å²) in [7, 11) is 0. The number of nitrogens with zero attached hydrogens (tertiary/aromatic N) is 1. The Kier molecular flexibility index (Phi) is 4.95. The lowest BCUT2D eigenvalue weighted by atomic mass is 10.2. The number of carbonyl (C=O) groups excluding carboxylic acids is 2. The Morgan fingerprint density at radius 3 is 2.95 bits per heavy atom. The molecule has 6 nitrogen and oxygen atoms in total. The molecule has 1 aromatic rings. The average Bonchev–Trinajstić information content (AvgIpc) is 2.62. The topological polar surface area (TPSA) is 84.7 Å². The van der Waals surface area contributed by atoms with Gasteiger partial charge in [0.1, 0.15) is 5.75 Å². The van der Waals surface area contributed by atoms with Crippen molar-refractivity contribution in [2.24, 2.45) is 5.84 Å². The molecule has 0 atom stereocenters. The zero-order valence-corrected chi connectivity index (χ0v) is 11.3. The Morgan fingerprint density at radius 2 is 2.15 bits per heavy atom. The Bertz CT molecular complexity index is 490. The number of anilines is 1. The van der Waals surface area contributed by atoms with Crippen LogP contribution < -0.4 is 20.9 Å². The molecule has 20 heavy (non-hydrogen) atoms. The lowest BCUT2D eigenvalue weighted by molar-refractivity contribution is -0.121. The van der Waals surface area contributed by atoms with Crippen LogP contribution in [0.25, 0.3) is 0 Å². The third-order valence-corrected chi connectivity index (χ3v) is 3.23. The highest BCUT2D eigenvalue weighted by atomic mass is 16.5. The van der Waals surface area contributed by atoms with E-state index < -0.39 is 0 Å². The molecule has 0 bridgehead atoms. The number of para-hydroxylation sites is 2. The highest BCUT2D eigenvalue weighted by Crippen LogP contribution is 2.31. The van der Waals surface area contributed by atoms with E-state index in [1.165, 1.54) is 0 Å². The van der Waals surface area contributed by atoms with Crippen LogP contribution in [0.15, 0.2) is 24.3 Å². The molecule has 0 aliphatic carbocycles. The summed E-state index contributed by atoms with van der Waals surface area (Å²) in [4.78, 5) is 24.9. The SMILES string of the molecule is NNC(=O)CCCCN1C(=O)CCOc2ccccc21. The van der Waals surface area contributed by atoms with Crippen LogP contribution in [-0.2, 0) is 9.59 Å². The molecule has 0 radical (unpaired) electrons. The van der Waals surface area contributed by atoms with Gasteiger partial charge in [0.25, 0.3) is 0 Å². The van der Waals surface area contributed by atoms with Gasteiger partial charge in [-0.05, 0) is 25.0 Å². The number of unbranched alkanes of at least 4 members (excludes halogenated alkanes) is 1. The first-order valence-corrected chi connectivity index (χ1v) is 6.74. The van der Waals surface area contributed by atoms with Gasteiger partial charge in [0.05, 0.1) is 18.7 Å². The summed E-state index contributed by atoms with van der Waals surface area (Å²) in [6.07, 6.45) is 2.18. The monoisotopic (exact) mass is 277 g/mol. The Labute approximate surface area is 117 Å². The molecule has 6 heteroatoms. The minimum atomic E-state index is -0.184. The van der Waals surface area contributed by atoms with Crippen LogP contribution in [0.2, 0.25) is 0 Å². The highest BCUT2D eigenvalue weighted by Gasteiger charge is 2.22. The second-order valence-corrected chi connectivity index (χ2v) is 4.64. The van der Waals surface area contributed by atoms with Crippen molar-refractivity contribution in [1.82, 2.24) is 5.43 Å². The number of hydrogen-bond acceptors (Lipinski definition) is 4. The van der Waals surface area contributed by atoms with Crippen LogP contribution >= 0.6 is 0 Å². The predicted octanol–water partition coefficient (Wildman–Crippen LogP) is 0.962. The second kappa shape index (κ2) is 6.91. The molecule has 1 aromatic carbocycles. The van der Waals surface area contributed by atoms with E-state index in [4.69, 9.17) is 10.6 Å². The van der Waals surface area contributed by atoms with Crippen molar-refractivity contribution < 1.29 is 14.3 Å². The molecular formula is C14H19N3O3. The van der Waals surface area contributed by atoms with Gasteiger partial charge in [-0.1, -0.05) is 12.1 Å². The molecule has 1 aliphatic rings. The number of benzene rings is 1. The van der Waals surface area contributed by atoms with E-state index in [9.17, 15) is 9.59 Å². The third-order valence-electron chi connectivity index (χ3n) is 3.23. The first kappa shape index (κ1) is 14.3. The van der Waals surface area contributed by atoms with Gasteiger partial charge >= 0.3 is 0 Å². The number of hydrazine groups is 1. The van der Waals surface area contributed by atoms with E-state index in [0.29, 0.717) is 32.4 Å². The van der Waals surface area contributed by atoms with Crippen LogP contribution in [-0.4, -0.2) is 25.0 Å². The molecule has 1 aliphatic heterocycles. The van der Waals surface area contributed by atoms with Crippen molar-refractivity contribution in [3.05, 3.63) is 24.3 Å². The summed E-state index contributed by atoms with van der Waals surface area (Å²) in [6, 6.07) is 7.52. The fourth-order valence-corrected chi connectivity index (χ4v) is 2.19. The fourth-order valence-electron chi connectivity index (χ4n) is 2.19. The Hall–Kier alpha value is -2.08. The summed E-state index contributed by atoms with van der Waals surface area (Å²) >= 11 is 0. The first-order valence-electron chi connectivity index (χ1n) is 6.74. The van der Waals surface area contributed by atoms with Crippen molar-refractivity contribution >= 4 is 17.5 Å². The van der Waals surface area contributed by atoms with Crippen LogP contribution in [0.3, 0.4) is 0 Å². The van der Waals surface area contributed by atoms with Crippen LogP contribution in [0, 0.1) is 0 Å². The number of hydrogen-bond donors (Lipinski definition) is 2. The van der Waals surface area contributed by atoms with Crippen LogP contribution in [0.4, 0.5) is 5.69 Å². The van der Waals surface area contributed by atoms with E-state index in [0.717, 1.165) is 17.9 Å². The maximum Gasteiger partial charge on any atom is 0.233 e. The molecule has 0 unspecified atom stereocenters. The number of fused-ring (bicyclic) bond motifs is 1. The molecule has 0 spiro atoms. The van der Waals surface area contributed by atoms with Gasteiger partial charge in [0, 0.05) is 13.0 Å². The molecule has 0 fully saturated rings. The first-order chi connectivity index (χ1) is 9.72. The maximum absolute atomic E-state index is 12.1. The van der Waals surface area contributed by atoms with Gasteiger partial charge in [-0.3, -0.25) is 15.0 Å². The molecule has 3 N–H and O–H groups in total. The van der Waals surface area contributed by atoms with Crippen molar-refractivity contribution in [1.29, 1.82) is 0 Å². The average molecular weight is 277 g/mol. The smallest absolute Gasteiger partial charge is 0.233 e. The minimum absolute atomic E-state index is 0.0539. The second-order valence-electron chi connectivity index (χ2n) is 4.64. The van der Waals surface area contributed by atoms with Gasteiger partial charge in [-0.25, -0.2) is 5.84 Å². The third kappa shape index (κ3) is 3.48. The molecular weight excluding hydrogens is 258 g/mol. The summed E-state index contributed by atoms with van der Waals surface area (Å²) in [5.41, 5.74) is 2.90. The van der Waals surface area contributed by atoms with E-state index in [-0.39, 0.29) is 11.8 Å². The quantitative estimate of drug-likeness (QED) is 0.363. The van der Waals surface area contributed by atoms with Gasteiger partial charge < -0.3 is 9.64 Å². The Morgan fingerprint density at radius 1 is 1.35 bits per heavy atom. The molecule has 1 heterocycles. The van der Waals surface area contributed by atoms with E-state index in [2.05, 4.69) is 5.43 Å². The van der Waals surface area contributed by atoms with Gasteiger partial charge in [-0.15, -0.1) is 0 Å². The number of amides is 2. The van der Waals surface area contributed by atoms with Crippen LogP contribution in [0.5, 0.6) is 5.75 Å². The van der Waals surface area contributed by atoms with Gasteiger partial charge in [-0.2, -0.15) is 0 Å². The number of carbonyl (C=O) groups is 2. The summed E-state index contributed by atoms with van der Waals surface area (Å²) in [6.45, 7) is 0.985. The fraction of sp³-hybridized carbons (Fsp3) is 0.429. The molecule has 0 saturated heterocycles. The molecule has 2 amide bonds. The Balaban J connectivity index is 1.98. The molecule has 0 aromatic heterocycles. The normalized spacial score (nSPS) is 14.2. The standard InChI is InChI=1S/C14H19N3O3/c15-16-13(18)7-3-4-9-17-11-5-1-2-6-12(11)20-10-8-14(17)19/h1-2,5-6H,3-4,7-10,15H2,(H,16,18). The predicted molar refractivity (Wildman–Crippen MR) is 75.1 cm³/mol. The lowest BCUT2D eigenvalue weighted by Gasteiger charge is -2.21. The summed E-state index contributed by atoms with van der Waals surface area (Å²) < 4.78 is 5.57. The number of rotatable bonds is 5. The van der Waals surface area contributed by atoms with E-state index >= 15 is 0 Å². The zero-order chi connectivity index (χ0) is 14.4. The van der Waals surface area contributed by atoms with Crippen molar-refractivity contribution in [3.63, 3.8) is 0 Å². The summed E-state index contributed by atoms with van der Waals surface area (Å²) in [5, 5.41) is 0. The lowest BCUT2D eigenvalue weighted by Crippen LogP contribution is -2.32. The van der Waals surface area contributed by atoms with E-state index in [1.54, 1.807) is 4.90 Å². The van der Waals surface area contributed by atoms with Crippen LogP contribution in [0.1, 0.15) is 25.7 Å². The minimum Gasteiger partial charge on any atom is -0.491 e. The number of nitrogens with two attached hydrogens (primary N) is 1. The van der Waals surface area contributed by atoms with Crippen molar-refractivity contribution in [2.45, 2.75) is 25.7 Å². The summed E-state index contributed by atoms with van der Waals surface area (Å²) in [5.74, 6) is 5.63. The zero-order valence-electron chi connectivity index (χ0n) is 11.3. The molecule has 2 rings (SSSR count). The van der Waals surface area contributed by atoms with Gasteiger partial charge in [0.2, 0.25) is 11.8 Å². The van der Waals surface area contributed by atoms with E-state index in [1.807, 2.05) is 24.3 Å². The number of ether oxygens (including phenoxy) is 1.